The number of benzene rings is 1. The van der Waals surface area contributed by atoms with Gasteiger partial charge in [0.15, 0.2) is 0 Å². The highest BCUT2D eigenvalue weighted by Gasteiger charge is 2.43. The number of nitrogens with zero attached hydrogens (tertiary/aromatic N) is 3. The van der Waals surface area contributed by atoms with E-state index in [1.165, 1.54) is 17.0 Å². The quantitative estimate of drug-likeness (QED) is 0.675. The zero-order chi connectivity index (χ0) is 22.3. The number of carbonyl (C=O) groups excluding carboxylic acids is 2. The van der Waals surface area contributed by atoms with E-state index >= 15 is 0 Å². The second-order valence-corrected chi connectivity index (χ2v) is 8.08. The first-order valence-electron chi connectivity index (χ1n) is 9.32. The van der Waals surface area contributed by atoms with Crippen molar-refractivity contribution in [2.24, 2.45) is 0 Å². The topological polar surface area (TPSA) is 62.7 Å². The van der Waals surface area contributed by atoms with Crippen LogP contribution in [0.5, 0.6) is 5.75 Å². The van der Waals surface area contributed by atoms with Crippen molar-refractivity contribution < 1.29 is 27.5 Å². The highest BCUT2D eigenvalue weighted by Crippen LogP contribution is 2.32. The Morgan fingerprint density at radius 2 is 1.70 bits per heavy atom. The molecule has 3 rings (SSSR count). The summed E-state index contributed by atoms with van der Waals surface area (Å²) < 4.78 is 40.9. The fourth-order valence-electron chi connectivity index (χ4n) is 3.37. The first-order valence-corrected chi connectivity index (χ1v) is 9.32. The summed E-state index contributed by atoms with van der Waals surface area (Å²) in [5.41, 5.74) is 1.82. The molecule has 3 amide bonds. The summed E-state index contributed by atoms with van der Waals surface area (Å²) in [5.74, 6) is -0.877. The van der Waals surface area contributed by atoms with Gasteiger partial charge in [0.25, 0.3) is 5.91 Å². The van der Waals surface area contributed by atoms with Crippen LogP contribution in [0.2, 0.25) is 0 Å². The van der Waals surface area contributed by atoms with E-state index in [0.29, 0.717) is 0 Å². The van der Waals surface area contributed by atoms with Gasteiger partial charge in [0, 0.05) is 18.9 Å². The van der Waals surface area contributed by atoms with Gasteiger partial charge >= 0.3 is 12.4 Å². The summed E-state index contributed by atoms with van der Waals surface area (Å²) >= 11 is 0. The third-order valence-corrected chi connectivity index (χ3v) is 4.87. The molecule has 1 atom stereocenters. The van der Waals surface area contributed by atoms with E-state index in [-0.39, 0.29) is 17.6 Å². The second-order valence-electron chi connectivity index (χ2n) is 8.08. The van der Waals surface area contributed by atoms with Crippen LogP contribution in [0, 0.1) is 0 Å². The standard InChI is InChI=1S/C21H22F3N3O3/c1-13-18(28)27(15-5-7-16(8-6-15)30-21(22,23)24)19(29)26(13)12-14-9-10-25-11-17(14)20(2,3)4/h5-11,13H,12H2,1-4H3. The smallest absolute Gasteiger partial charge is 0.406 e. The van der Waals surface area contributed by atoms with Gasteiger partial charge < -0.3 is 9.64 Å². The molecule has 0 radical (unpaired) electrons. The van der Waals surface area contributed by atoms with E-state index in [4.69, 9.17) is 0 Å². The number of amides is 3. The van der Waals surface area contributed by atoms with E-state index in [2.05, 4.69) is 9.72 Å². The summed E-state index contributed by atoms with van der Waals surface area (Å²) in [6, 6.07) is 5.20. The number of ether oxygens (including phenoxy) is 1. The van der Waals surface area contributed by atoms with Gasteiger partial charge in [-0.25, -0.2) is 9.69 Å². The van der Waals surface area contributed by atoms with Crippen LogP contribution in [-0.2, 0) is 16.8 Å². The van der Waals surface area contributed by atoms with Gasteiger partial charge in [-0.1, -0.05) is 20.8 Å². The SMILES string of the molecule is CC1C(=O)N(c2ccc(OC(F)(F)F)cc2)C(=O)N1Cc1ccncc1C(C)(C)C. The van der Waals surface area contributed by atoms with Gasteiger partial charge in [0.05, 0.1) is 5.69 Å². The molecule has 6 nitrogen and oxygen atoms in total. The number of hydrogen-bond acceptors (Lipinski definition) is 4. The van der Waals surface area contributed by atoms with E-state index < -0.39 is 30.1 Å². The van der Waals surface area contributed by atoms with Crippen molar-refractivity contribution in [3.8, 4) is 5.75 Å². The first kappa shape index (κ1) is 21.6. The fraction of sp³-hybridized carbons (Fsp3) is 0.381. The molecule has 1 saturated heterocycles. The predicted molar refractivity (Wildman–Crippen MR) is 104 cm³/mol. The summed E-state index contributed by atoms with van der Waals surface area (Å²) in [6.07, 6.45) is -1.43. The molecule has 1 unspecified atom stereocenters. The second kappa shape index (κ2) is 7.62. The Morgan fingerprint density at radius 1 is 1.07 bits per heavy atom. The number of anilines is 1. The minimum Gasteiger partial charge on any atom is -0.406 e. The zero-order valence-electron chi connectivity index (χ0n) is 17.0. The lowest BCUT2D eigenvalue weighted by Crippen LogP contribution is -2.34. The largest absolute Gasteiger partial charge is 0.573 e. The van der Waals surface area contributed by atoms with Crippen LogP contribution in [0.4, 0.5) is 23.7 Å². The van der Waals surface area contributed by atoms with Crippen LogP contribution in [-0.4, -0.2) is 34.2 Å². The van der Waals surface area contributed by atoms with Crippen LogP contribution in [0.3, 0.4) is 0 Å². The summed E-state index contributed by atoms with van der Waals surface area (Å²) in [6.45, 7) is 7.94. The van der Waals surface area contributed by atoms with Gasteiger partial charge in [-0.05, 0) is 53.8 Å². The van der Waals surface area contributed by atoms with Crippen LogP contribution in [0.1, 0.15) is 38.8 Å². The van der Waals surface area contributed by atoms with Crippen LogP contribution < -0.4 is 9.64 Å². The molecule has 30 heavy (non-hydrogen) atoms. The third kappa shape index (κ3) is 4.39. The van der Waals surface area contributed by atoms with Crippen molar-refractivity contribution >= 4 is 17.6 Å². The van der Waals surface area contributed by atoms with Crippen LogP contribution in [0.25, 0.3) is 0 Å². The molecular weight excluding hydrogens is 399 g/mol. The summed E-state index contributed by atoms with van der Waals surface area (Å²) in [5, 5.41) is 0. The highest BCUT2D eigenvalue weighted by molar-refractivity contribution is 6.21. The number of carbonyl (C=O) groups is 2. The number of urea groups is 1. The molecule has 160 valence electrons. The normalized spacial score (nSPS) is 17.6. The first-order chi connectivity index (χ1) is 13.9. The third-order valence-electron chi connectivity index (χ3n) is 4.87. The Labute approximate surface area is 172 Å². The fourth-order valence-corrected chi connectivity index (χ4v) is 3.37. The molecule has 2 heterocycles. The average molecular weight is 421 g/mol. The summed E-state index contributed by atoms with van der Waals surface area (Å²) in [7, 11) is 0. The molecule has 1 aromatic carbocycles. The highest BCUT2D eigenvalue weighted by atomic mass is 19.4. The molecule has 1 aromatic heterocycles. The maximum atomic E-state index is 13.0. The Hall–Kier alpha value is -3.10. The predicted octanol–water partition coefficient (Wildman–Crippen LogP) is 4.64. The average Bonchev–Trinajstić information content (AvgIpc) is 2.84. The minimum atomic E-state index is -4.82. The van der Waals surface area contributed by atoms with Gasteiger partial charge in [-0.3, -0.25) is 9.78 Å². The van der Waals surface area contributed by atoms with E-state index in [9.17, 15) is 22.8 Å². The molecule has 0 N–H and O–H groups in total. The molecule has 9 heteroatoms. The molecule has 0 aliphatic carbocycles. The lowest BCUT2D eigenvalue weighted by molar-refractivity contribution is -0.274. The zero-order valence-corrected chi connectivity index (χ0v) is 17.0. The van der Waals surface area contributed by atoms with Crippen molar-refractivity contribution in [3.05, 3.63) is 53.9 Å². The lowest BCUT2D eigenvalue weighted by atomic mass is 9.85. The number of rotatable bonds is 4. The molecular formula is C21H22F3N3O3. The lowest BCUT2D eigenvalue weighted by Gasteiger charge is -2.26. The molecule has 2 aromatic rings. The van der Waals surface area contributed by atoms with Crippen molar-refractivity contribution in [2.75, 3.05) is 4.90 Å². The van der Waals surface area contributed by atoms with Gasteiger partial charge in [-0.2, -0.15) is 0 Å². The minimum absolute atomic E-state index is 0.180. The molecule has 0 saturated carbocycles. The van der Waals surface area contributed by atoms with E-state index in [0.717, 1.165) is 28.2 Å². The van der Waals surface area contributed by atoms with Crippen molar-refractivity contribution in [2.45, 2.75) is 52.1 Å². The Morgan fingerprint density at radius 3 is 2.27 bits per heavy atom. The number of halogens is 3. The van der Waals surface area contributed by atoms with Crippen molar-refractivity contribution in [3.63, 3.8) is 0 Å². The number of pyridine rings is 1. The van der Waals surface area contributed by atoms with Crippen LogP contribution in [0.15, 0.2) is 42.7 Å². The summed E-state index contributed by atoms with van der Waals surface area (Å²) in [4.78, 5) is 32.3. The van der Waals surface area contributed by atoms with Gasteiger partial charge in [-0.15, -0.1) is 13.2 Å². The van der Waals surface area contributed by atoms with Gasteiger partial charge in [0.2, 0.25) is 0 Å². The van der Waals surface area contributed by atoms with Gasteiger partial charge in [0.1, 0.15) is 11.8 Å². The van der Waals surface area contributed by atoms with E-state index in [1.807, 2.05) is 26.8 Å². The monoisotopic (exact) mass is 421 g/mol. The number of imide groups is 1. The molecule has 0 bridgehead atoms. The Kier molecular flexibility index (Phi) is 5.49. The number of hydrogen-bond donors (Lipinski definition) is 0. The molecule has 1 aliphatic heterocycles. The maximum absolute atomic E-state index is 13.0. The van der Waals surface area contributed by atoms with Crippen molar-refractivity contribution in [1.29, 1.82) is 0 Å². The van der Waals surface area contributed by atoms with Crippen molar-refractivity contribution in [1.82, 2.24) is 9.88 Å². The maximum Gasteiger partial charge on any atom is 0.573 e. The number of aromatic nitrogens is 1. The Balaban J connectivity index is 1.85. The number of alkyl halides is 3. The molecule has 1 aliphatic rings. The van der Waals surface area contributed by atoms with Crippen LogP contribution >= 0.6 is 0 Å². The van der Waals surface area contributed by atoms with E-state index in [1.54, 1.807) is 19.3 Å². The molecule has 1 fully saturated rings. The Bertz CT molecular complexity index is 952. The molecule has 0 spiro atoms.